The topological polar surface area (TPSA) is 47.6 Å². The first-order valence-electron chi connectivity index (χ1n) is 13.0. The number of hydrogen-bond donors (Lipinski definition) is 1. The van der Waals surface area contributed by atoms with Crippen LogP contribution in [0.2, 0.25) is 0 Å². The highest BCUT2D eigenvalue weighted by Crippen LogP contribution is 2.41. The Balaban J connectivity index is 1.35. The first-order valence-corrected chi connectivity index (χ1v) is 13.0. The van der Waals surface area contributed by atoms with Crippen molar-refractivity contribution in [2.24, 2.45) is 0 Å². The van der Waals surface area contributed by atoms with E-state index in [0.717, 1.165) is 24.3 Å². The van der Waals surface area contributed by atoms with E-state index in [-0.39, 0.29) is 24.0 Å². The zero-order chi connectivity index (χ0) is 26.0. The molecule has 1 N–H and O–H groups in total. The van der Waals surface area contributed by atoms with Crippen LogP contribution in [0.5, 0.6) is 5.75 Å². The van der Waals surface area contributed by atoms with Gasteiger partial charge in [0, 0.05) is 24.1 Å². The average molecular weight is 494 g/mol. The smallest absolute Gasteiger partial charge is 0.315 e. The highest BCUT2D eigenvalue weighted by molar-refractivity contribution is 5.86. The first-order chi connectivity index (χ1) is 17.9. The van der Waals surface area contributed by atoms with Gasteiger partial charge < -0.3 is 14.8 Å². The fourth-order valence-electron chi connectivity index (χ4n) is 5.49. The van der Waals surface area contributed by atoms with E-state index in [1.165, 1.54) is 34.6 Å². The van der Waals surface area contributed by atoms with Gasteiger partial charge in [-0.25, -0.2) is 0 Å². The quantitative estimate of drug-likeness (QED) is 0.284. The second-order valence-electron chi connectivity index (χ2n) is 10.5. The number of carbonyl (C=O) groups excluding carboxylic acids is 1. The van der Waals surface area contributed by atoms with Gasteiger partial charge in [0.05, 0.1) is 12.5 Å². The van der Waals surface area contributed by atoms with Gasteiger partial charge in [-0.15, -0.1) is 0 Å². The maximum absolute atomic E-state index is 12.3. The summed E-state index contributed by atoms with van der Waals surface area (Å²) in [5.74, 6) is 0.936. The molecule has 4 aromatic carbocycles. The van der Waals surface area contributed by atoms with Gasteiger partial charge in [0.25, 0.3) is 0 Å². The molecule has 1 aliphatic heterocycles. The molecule has 0 radical (unpaired) electrons. The molecule has 0 amide bonds. The molecule has 0 aliphatic carbocycles. The van der Waals surface area contributed by atoms with Gasteiger partial charge in [-0.2, -0.15) is 0 Å². The molecule has 0 fully saturated rings. The Morgan fingerprint density at radius 2 is 1.68 bits per heavy atom. The summed E-state index contributed by atoms with van der Waals surface area (Å²) in [4.78, 5) is 12.3. The number of benzene rings is 4. The van der Waals surface area contributed by atoms with Crippen LogP contribution in [0.1, 0.15) is 61.4 Å². The van der Waals surface area contributed by atoms with Gasteiger partial charge in [0.15, 0.2) is 0 Å². The number of para-hydroxylation sites is 1. The fraction of sp³-hybridized carbons (Fsp3) is 0.303. The fourth-order valence-corrected chi connectivity index (χ4v) is 5.49. The lowest BCUT2D eigenvalue weighted by Gasteiger charge is -2.34. The number of ether oxygens (including phenoxy) is 2. The van der Waals surface area contributed by atoms with Crippen LogP contribution < -0.4 is 10.1 Å². The Hall–Kier alpha value is -3.63. The van der Waals surface area contributed by atoms with Crippen LogP contribution in [-0.2, 0) is 14.9 Å². The summed E-state index contributed by atoms with van der Waals surface area (Å²) in [6, 6.07) is 32.0. The Morgan fingerprint density at radius 1 is 0.973 bits per heavy atom. The van der Waals surface area contributed by atoms with E-state index < -0.39 is 5.41 Å². The number of methoxy groups -OCH3 is 1. The lowest BCUT2D eigenvalue weighted by Crippen LogP contribution is -2.37. The molecule has 0 bridgehead atoms. The molecule has 1 heterocycles. The number of rotatable bonds is 7. The predicted octanol–water partition coefficient (Wildman–Crippen LogP) is 6.92. The van der Waals surface area contributed by atoms with Crippen LogP contribution in [0.15, 0.2) is 91.0 Å². The van der Waals surface area contributed by atoms with Crippen molar-refractivity contribution < 1.29 is 14.3 Å². The molecule has 5 rings (SSSR count). The van der Waals surface area contributed by atoms with Gasteiger partial charge in [-0.05, 0) is 60.7 Å². The van der Waals surface area contributed by atoms with Crippen molar-refractivity contribution in [1.29, 1.82) is 0 Å². The predicted molar refractivity (Wildman–Crippen MR) is 149 cm³/mol. The minimum Gasteiger partial charge on any atom is -0.489 e. The standard InChI is InChI=1S/C33H35NO3/c1-22(27-14-9-11-23-10-5-6-12-28(23)27)34-21-26-20-30(29-13-7-8-15-31(29)37-26)24-16-18-25(19-17-24)33(2,3)32(35)36-4/h5-19,22,26,30,34H,20-21H2,1-4H3/t22-,26?,30?/m1/s1. The van der Waals surface area contributed by atoms with Gasteiger partial charge in [0.2, 0.25) is 0 Å². The average Bonchev–Trinajstić information content (AvgIpc) is 2.94. The maximum Gasteiger partial charge on any atom is 0.315 e. The lowest BCUT2D eigenvalue weighted by molar-refractivity contribution is -0.146. The van der Waals surface area contributed by atoms with E-state index in [4.69, 9.17) is 9.47 Å². The number of nitrogens with one attached hydrogen (secondary N) is 1. The van der Waals surface area contributed by atoms with Gasteiger partial charge in [0.1, 0.15) is 11.9 Å². The van der Waals surface area contributed by atoms with Gasteiger partial charge >= 0.3 is 5.97 Å². The maximum atomic E-state index is 12.3. The minimum absolute atomic E-state index is 0.0449. The third-order valence-corrected chi connectivity index (χ3v) is 7.76. The molecule has 3 atom stereocenters. The van der Waals surface area contributed by atoms with Crippen molar-refractivity contribution in [1.82, 2.24) is 5.32 Å². The molecule has 4 heteroatoms. The number of esters is 1. The Bertz CT molecular complexity index is 1390. The number of fused-ring (bicyclic) bond motifs is 2. The Labute approximate surface area is 219 Å². The van der Waals surface area contributed by atoms with Crippen molar-refractivity contribution in [3.63, 3.8) is 0 Å². The molecule has 4 nitrogen and oxygen atoms in total. The summed E-state index contributed by atoms with van der Waals surface area (Å²) in [6.45, 7) is 6.77. The van der Waals surface area contributed by atoms with Crippen molar-refractivity contribution in [2.75, 3.05) is 13.7 Å². The van der Waals surface area contributed by atoms with Gasteiger partial charge in [-0.3, -0.25) is 4.79 Å². The van der Waals surface area contributed by atoms with Gasteiger partial charge in [-0.1, -0.05) is 84.9 Å². The van der Waals surface area contributed by atoms with E-state index in [1.807, 2.05) is 19.9 Å². The van der Waals surface area contributed by atoms with E-state index in [1.54, 1.807) is 0 Å². The highest BCUT2D eigenvalue weighted by Gasteiger charge is 2.33. The third-order valence-electron chi connectivity index (χ3n) is 7.76. The van der Waals surface area contributed by atoms with Crippen molar-refractivity contribution >= 4 is 16.7 Å². The molecule has 0 saturated heterocycles. The highest BCUT2D eigenvalue weighted by atomic mass is 16.5. The van der Waals surface area contributed by atoms with E-state index in [9.17, 15) is 4.79 Å². The van der Waals surface area contributed by atoms with Crippen LogP contribution in [0.25, 0.3) is 10.8 Å². The second kappa shape index (κ2) is 10.4. The van der Waals surface area contributed by atoms with Crippen LogP contribution in [-0.4, -0.2) is 25.7 Å². The summed E-state index contributed by atoms with van der Waals surface area (Å²) < 4.78 is 11.5. The normalized spacial score (nSPS) is 18.1. The van der Waals surface area contributed by atoms with Crippen molar-refractivity contribution in [3.05, 3.63) is 113 Å². The summed E-state index contributed by atoms with van der Waals surface area (Å²) in [5.41, 5.74) is 4.00. The molecule has 2 unspecified atom stereocenters. The molecular formula is C33H35NO3. The zero-order valence-electron chi connectivity index (χ0n) is 22.0. The molecule has 1 aliphatic rings. The van der Waals surface area contributed by atoms with E-state index >= 15 is 0 Å². The summed E-state index contributed by atoms with van der Waals surface area (Å²) >= 11 is 0. The molecule has 0 saturated carbocycles. The zero-order valence-corrected chi connectivity index (χ0v) is 22.0. The lowest BCUT2D eigenvalue weighted by atomic mass is 9.80. The van der Waals surface area contributed by atoms with Crippen LogP contribution in [0, 0.1) is 0 Å². The largest absolute Gasteiger partial charge is 0.489 e. The number of hydrogen-bond acceptors (Lipinski definition) is 4. The van der Waals surface area contributed by atoms with Crippen LogP contribution in [0.4, 0.5) is 0 Å². The molecule has 4 aromatic rings. The first kappa shape index (κ1) is 25.0. The summed E-state index contributed by atoms with van der Waals surface area (Å²) in [7, 11) is 1.44. The van der Waals surface area contributed by atoms with Crippen LogP contribution in [0.3, 0.4) is 0 Å². The van der Waals surface area contributed by atoms with Crippen LogP contribution >= 0.6 is 0 Å². The molecule has 37 heavy (non-hydrogen) atoms. The molecule has 190 valence electrons. The molecule has 0 aromatic heterocycles. The van der Waals surface area contributed by atoms with E-state index in [0.29, 0.717) is 0 Å². The Kier molecular flexibility index (Phi) is 7.03. The molecule has 0 spiro atoms. The summed E-state index contributed by atoms with van der Waals surface area (Å²) in [6.07, 6.45) is 0.926. The Morgan fingerprint density at radius 3 is 2.46 bits per heavy atom. The van der Waals surface area contributed by atoms with Crippen molar-refractivity contribution in [3.8, 4) is 5.75 Å². The van der Waals surface area contributed by atoms with Crippen molar-refractivity contribution in [2.45, 2.75) is 50.7 Å². The molecular weight excluding hydrogens is 458 g/mol. The minimum atomic E-state index is -0.689. The van der Waals surface area contributed by atoms with E-state index in [2.05, 4.69) is 97.2 Å². The monoisotopic (exact) mass is 493 g/mol. The third kappa shape index (κ3) is 4.99. The second-order valence-corrected chi connectivity index (χ2v) is 10.5. The number of carbonyl (C=O) groups is 1. The SMILES string of the molecule is COC(=O)C(C)(C)c1ccc(C2CC(CN[C@H](C)c3cccc4ccccc34)Oc3ccccc32)cc1. The summed E-state index contributed by atoms with van der Waals surface area (Å²) in [5, 5.41) is 6.28.